The predicted molar refractivity (Wildman–Crippen MR) is 113 cm³/mol. The van der Waals surface area contributed by atoms with Crippen LogP contribution in [-0.2, 0) is 13.3 Å². The second-order valence-corrected chi connectivity index (χ2v) is 7.10. The molecule has 0 saturated carbocycles. The first-order valence-electron chi connectivity index (χ1n) is 8.93. The van der Waals surface area contributed by atoms with E-state index in [1.165, 1.54) is 17.2 Å². The molecule has 8 nitrogen and oxygen atoms in total. The Balaban J connectivity index is 1.39. The monoisotopic (exact) mass is 442 g/mol. The van der Waals surface area contributed by atoms with Gasteiger partial charge < -0.3 is 4.74 Å². The van der Waals surface area contributed by atoms with E-state index < -0.39 is 5.91 Å². The molecule has 0 saturated heterocycles. The van der Waals surface area contributed by atoms with E-state index in [0.717, 1.165) is 5.56 Å². The van der Waals surface area contributed by atoms with Gasteiger partial charge in [-0.15, -0.1) is 5.10 Å². The minimum absolute atomic E-state index is 0.0613. The maximum absolute atomic E-state index is 12.6. The molecule has 0 aliphatic heterocycles. The second kappa shape index (κ2) is 8.98. The van der Waals surface area contributed by atoms with E-state index in [1.54, 1.807) is 35.0 Å². The molecule has 2 aromatic carbocycles. The Kier molecular flexibility index (Phi) is 5.97. The van der Waals surface area contributed by atoms with Crippen LogP contribution in [0.4, 0.5) is 5.95 Å². The Bertz CT molecular complexity index is 1160. The number of carbonyl (C=O) groups is 1. The van der Waals surface area contributed by atoms with Crippen LogP contribution >= 0.6 is 23.2 Å². The van der Waals surface area contributed by atoms with Crippen molar-refractivity contribution < 1.29 is 9.53 Å². The second-order valence-electron chi connectivity index (χ2n) is 6.25. The number of hydrogen-bond donors (Lipinski definition) is 1. The third kappa shape index (κ3) is 4.79. The molecule has 1 amide bonds. The number of nitrogens with one attached hydrogen (secondary N) is 1. The zero-order valence-corrected chi connectivity index (χ0v) is 17.1. The smallest absolute Gasteiger partial charge is 0.276 e. The minimum Gasteiger partial charge on any atom is -0.471 e. The van der Waals surface area contributed by atoms with Crippen molar-refractivity contribution in [1.82, 2.24) is 24.5 Å². The van der Waals surface area contributed by atoms with Crippen molar-refractivity contribution in [3.8, 4) is 5.75 Å². The highest BCUT2D eigenvalue weighted by Gasteiger charge is 2.15. The third-order valence-corrected chi connectivity index (χ3v) is 4.79. The van der Waals surface area contributed by atoms with Crippen LogP contribution < -0.4 is 10.1 Å². The summed E-state index contributed by atoms with van der Waals surface area (Å²) < 4.78 is 8.67. The summed E-state index contributed by atoms with van der Waals surface area (Å²) in [5, 5.41) is 12.3. The molecule has 30 heavy (non-hydrogen) atoms. The van der Waals surface area contributed by atoms with Gasteiger partial charge >= 0.3 is 0 Å². The van der Waals surface area contributed by atoms with Crippen LogP contribution in [0.5, 0.6) is 5.75 Å². The molecule has 0 bridgehead atoms. The molecule has 2 heterocycles. The number of halogens is 2. The SMILES string of the molecule is O=C(Nc1ncn(Cc2ccccc2Cl)n1)c1ccnn1COc1ccc(Cl)cc1. The number of benzene rings is 2. The van der Waals surface area contributed by atoms with Crippen molar-refractivity contribution in [3.05, 3.63) is 88.4 Å². The van der Waals surface area contributed by atoms with Crippen LogP contribution in [0.15, 0.2) is 67.1 Å². The summed E-state index contributed by atoms with van der Waals surface area (Å²) in [6.45, 7) is 0.501. The average molecular weight is 443 g/mol. The van der Waals surface area contributed by atoms with Gasteiger partial charge in [0.05, 0.1) is 6.54 Å². The number of carbonyl (C=O) groups excluding carboxylic acids is 1. The molecule has 1 N–H and O–H groups in total. The number of rotatable bonds is 7. The molecule has 152 valence electrons. The third-order valence-electron chi connectivity index (χ3n) is 4.17. The predicted octanol–water partition coefficient (Wildman–Crippen LogP) is 4.12. The van der Waals surface area contributed by atoms with Gasteiger partial charge in [-0.1, -0.05) is 41.4 Å². The van der Waals surface area contributed by atoms with E-state index in [4.69, 9.17) is 27.9 Å². The number of ether oxygens (including phenoxy) is 1. The van der Waals surface area contributed by atoms with Crippen LogP contribution in [0.2, 0.25) is 10.0 Å². The fourth-order valence-electron chi connectivity index (χ4n) is 2.69. The van der Waals surface area contributed by atoms with Gasteiger partial charge in [0.25, 0.3) is 5.91 Å². The molecular formula is C20H16Cl2N6O2. The Morgan fingerprint density at radius 1 is 1.07 bits per heavy atom. The number of aromatic nitrogens is 5. The molecule has 0 fully saturated rings. The van der Waals surface area contributed by atoms with Gasteiger partial charge in [-0.05, 0) is 42.0 Å². The fourth-order valence-corrected chi connectivity index (χ4v) is 3.01. The maximum atomic E-state index is 12.6. The molecule has 4 rings (SSSR count). The quantitative estimate of drug-likeness (QED) is 0.465. The van der Waals surface area contributed by atoms with Gasteiger partial charge in [0.1, 0.15) is 17.8 Å². The summed E-state index contributed by atoms with van der Waals surface area (Å²) in [5.41, 5.74) is 1.21. The highest BCUT2D eigenvalue weighted by Crippen LogP contribution is 2.17. The van der Waals surface area contributed by atoms with Crippen LogP contribution in [0.25, 0.3) is 0 Å². The standard InChI is InChI=1S/C20H16Cl2N6O2/c21-15-5-7-16(8-6-15)30-13-28-18(9-10-24-28)19(29)25-20-23-12-27(26-20)11-14-3-1-2-4-17(14)22/h1-10,12H,11,13H2,(H,25,26,29). The maximum Gasteiger partial charge on any atom is 0.276 e. The highest BCUT2D eigenvalue weighted by atomic mass is 35.5. The lowest BCUT2D eigenvalue weighted by Crippen LogP contribution is -2.20. The van der Waals surface area contributed by atoms with Gasteiger partial charge in [-0.3, -0.25) is 10.1 Å². The summed E-state index contributed by atoms with van der Waals surface area (Å²) in [6, 6.07) is 16.0. The van der Waals surface area contributed by atoms with Crippen molar-refractivity contribution >= 4 is 35.1 Å². The fraction of sp³-hybridized carbons (Fsp3) is 0.100. The summed E-state index contributed by atoms with van der Waals surface area (Å²) in [4.78, 5) is 16.7. The summed E-state index contributed by atoms with van der Waals surface area (Å²) in [6.07, 6.45) is 3.05. The Morgan fingerprint density at radius 2 is 1.87 bits per heavy atom. The molecule has 0 aliphatic carbocycles. The van der Waals surface area contributed by atoms with E-state index in [1.807, 2.05) is 24.3 Å². The van der Waals surface area contributed by atoms with E-state index >= 15 is 0 Å². The molecule has 10 heteroatoms. The van der Waals surface area contributed by atoms with E-state index in [9.17, 15) is 4.79 Å². The Labute approximate surface area is 182 Å². The molecule has 0 unspecified atom stereocenters. The Morgan fingerprint density at radius 3 is 2.67 bits per heavy atom. The molecule has 2 aromatic heterocycles. The molecule has 0 spiro atoms. The lowest BCUT2D eigenvalue weighted by atomic mass is 10.2. The summed E-state index contributed by atoms with van der Waals surface area (Å²) in [5.74, 6) is 0.391. The molecule has 4 aromatic rings. The average Bonchev–Trinajstić information content (AvgIpc) is 3.39. The van der Waals surface area contributed by atoms with Crippen LogP contribution in [0, 0.1) is 0 Å². The van der Waals surface area contributed by atoms with E-state index in [2.05, 4.69) is 20.5 Å². The number of amides is 1. The van der Waals surface area contributed by atoms with E-state index in [-0.39, 0.29) is 12.7 Å². The van der Waals surface area contributed by atoms with Crippen molar-refractivity contribution in [2.24, 2.45) is 0 Å². The van der Waals surface area contributed by atoms with Crippen LogP contribution in [0.3, 0.4) is 0 Å². The Hall–Kier alpha value is -3.36. The van der Waals surface area contributed by atoms with Gasteiger partial charge in [-0.25, -0.2) is 14.3 Å². The van der Waals surface area contributed by atoms with Crippen molar-refractivity contribution in [2.75, 3.05) is 5.32 Å². The minimum atomic E-state index is -0.400. The lowest BCUT2D eigenvalue weighted by molar-refractivity contribution is 0.100. The zero-order valence-electron chi connectivity index (χ0n) is 15.6. The van der Waals surface area contributed by atoms with Crippen molar-refractivity contribution in [2.45, 2.75) is 13.3 Å². The number of nitrogens with zero attached hydrogens (tertiary/aromatic N) is 5. The van der Waals surface area contributed by atoms with Gasteiger partial charge in [0.15, 0.2) is 6.73 Å². The normalized spacial score (nSPS) is 10.7. The number of hydrogen-bond acceptors (Lipinski definition) is 5. The van der Waals surface area contributed by atoms with Gasteiger partial charge in [0, 0.05) is 16.2 Å². The first-order chi connectivity index (χ1) is 14.6. The first kappa shape index (κ1) is 19.9. The van der Waals surface area contributed by atoms with Gasteiger partial charge in [-0.2, -0.15) is 5.10 Å². The molecule has 0 atom stereocenters. The topological polar surface area (TPSA) is 86.9 Å². The summed E-state index contributed by atoms with van der Waals surface area (Å²) >= 11 is 12.0. The molecule has 0 aliphatic rings. The summed E-state index contributed by atoms with van der Waals surface area (Å²) in [7, 11) is 0. The van der Waals surface area contributed by atoms with Crippen LogP contribution in [-0.4, -0.2) is 30.5 Å². The zero-order chi connectivity index (χ0) is 20.9. The van der Waals surface area contributed by atoms with Crippen molar-refractivity contribution in [3.63, 3.8) is 0 Å². The molecular weight excluding hydrogens is 427 g/mol. The van der Waals surface area contributed by atoms with E-state index in [0.29, 0.717) is 28.0 Å². The lowest BCUT2D eigenvalue weighted by Gasteiger charge is -2.09. The number of anilines is 1. The van der Waals surface area contributed by atoms with Crippen molar-refractivity contribution in [1.29, 1.82) is 0 Å². The van der Waals surface area contributed by atoms with Gasteiger partial charge in [0.2, 0.25) is 5.95 Å². The largest absolute Gasteiger partial charge is 0.471 e. The van der Waals surface area contributed by atoms with Crippen LogP contribution in [0.1, 0.15) is 16.1 Å². The highest BCUT2D eigenvalue weighted by molar-refractivity contribution is 6.31. The first-order valence-corrected chi connectivity index (χ1v) is 9.68. The molecule has 0 radical (unpaired) electrons.